The van der Waals surface area contributed by atoms with Gasteiger partial charge in [-0.2, -0.15) is 0 Å². The summed E-state index contributed by atoms with van der Waals surface area (Å²) < 4.78 is 10.8. The summed E-state index contributed by atoms with van der Waals surface area (Å²) in [5.41, 5.74) is 0. The third-order valence-electron chi connectivity index (χ3n) is 7.15. The fourth-order valence-electron chi connectivity index (χ4n) is 4.72. The van der Waals surface area contributed by atoms with Gasteiger partial charge in [0.1, 0.15) is 24.4 Å². The van der Waals surface area contributed by atoms with Crippen molar-refractivity contribution in [2.75, 3.05) is 13.2 Å². The van der Waals surface area contributed by atoms with Crippen LogP contribution in [0.4, 0.5) is 0 Å². The van der Waals surface area contributed by atoms with Gasteiger partial charge in [-0.3, -0.25) is 4.79 Å². The number of nitrogens with one attached hydrogen (secondary N) is 1. The monoisotopic (exact) mass is 545 g/mol. The lowest BCUT2D eigenvalue weighted by Gasteiger charge is -2.40. The van der Waals surface area contributed by atoms with E-state index < -0.39 is 49.5 Å². The Morgan fingerprint density at radius 1 is 0.868 bits per heavy atom. The zero-order valence-corrected chi connectivity index (χ0v) is 23.7. The van der Waals surface area contributed by atoms with Gasteiger partial charge in [-0.1, -0.05) is 103 Å². The maximum Gasteiger partial charge on any atom is 0.217 e. The molecule has 9 heteroatoms. The van der Waals surface area contributed by atoms with Crippen molar-refractivity contribution in [2.24, 2.45) is 0 Å². The number of unbranched alkanes of at least 4 members (excludes halogenated alkanes) is 14. The van der Waals surface area contributed by atoms with Crippen LogP contribution in [0.5, 0.6) is 0 Å². The maximum absolute atomic E-state index is 11.6. The van der Waals surface area contributed by atoms with E-state index in [1.54, 1.807) is 6.08 Å². The van der Waals surface area contributed by atoms with Crippen LogP contribution in [0, 0.1) is 0 Å². The fraction of sp³-hybridized carbons (Fsp3) is 0.897. The van der Waals surface area contributed by atoms with E-state index in [9.17, 15) is 30.3 Å². The number of hydrogen-bond acceptors (Lipinski definition) is 8. The minimum Gasteiger partial charge on any atom is -0.394 e. The van der Waals surface area contributed by atoms with E-state index in [4.69, 9.17) is 9.47 Å². The second kappa shape index (κ2) is 21.7. The van der Waals surface area contributed by atoms with Crippen LogP contribution in [-0.2, 0) is 14.3 Å². The third-order valence-corrected chi connectivity index (χ3v) is 7.15. The Labute approximate surface area is 229 Å². The summed E-state index contributed by atoms with van der Waals surface area (Å²) in [5.74, 6) is -0.355. The summed E-state index contributed by atoms with van der Waals surface area (Å²) in [4.78, 5) is 11.6. The molecule has 224 valence electrons. The Balaban J connectivity index is 2.21. The van der Waals surface area contributed by atoms with Gasteiger partial charge in [-0.25, -0.2) is 0 Å². The van der Waals surface area contributed by atoms with Crippen LogP contribution in [0.3, 0.4) is 0 Å². The smallest absolute Gasteiger partial charge is 0.217 e. The highest BCUT2D eigenvalue weighted by Crippen LogP contribution is 2.22. The van der Waals surface area contributed by atoms with Crippen LogP contribution in [0.1, 0.15) is 110 Å². The van der Waals surface area contributed by atoms with Gasteiger partial charge < -0.3 is 40.3 Å². The first-order chi connectivity index (χ1) is 18.3. The first kappa shape index (κ1) is 35.0. The van der Waals surface area contributed by atoms with Crippen molar-refractivity contribution in [2.45, 2.75) is 153 Å². The molecule has 0 aliphatic carbocycles. The van der Waals surface area contributed by atoms with E-state index in [0.717, 1.165) is 19.3 Å². The minimum atomic E-state index is -1.56. The summed E-state index contributed by atoms with van der Waals surface area (Å²) in [6, 6.07) is -0.799. The van der Waals surface area contributed by atoms with E-state index in [0.29, 0.717) is 0 Å². The maximum atomic E-state index is 11.6. The Hall–Kier alpha value is -1.07. The number of carbonyl (C=O) groups is 1. The molecule has 6 N–H and O–H groups in total. The molecule has 1 aliphatic heterocycles. The van der Waals surface area contributed by atoms with Gasteiger partial charge in [0.15, 0.2) is 6.29 Å². The van der Waals surface area contributed by atoms with Crippen LogP contribution in [-0.4, -0.2) is 87.5 Å². The molecular formula is C29H55NO8. The van der Waals surface area contributed by atoms with Gasteiger partial charge in [-0.05, 0) is 12.8 Å². The SMILES string of the molecule is CCCCCCCCCCCCCCCC/C=C/C(O)C(COC1OC(CO)C(O)C(O)C1O)NC(C)=O. The summed E-state index contributed by atoms with van der Waals surface area (Å²) in [6.45, 7) is 2.81. The molecule has 0 aromatic heterocycles. The second-order valence-electron chi connectivity index (χ2n) is 10.6. The van der Waals surface area contributed by atoms with Crippen LogP contribution < -0.4 is 5.32 Å². The average molecular weight is 546 g/mol. The Kier molecular flexibility index (Phi) is 20.0. The molecular weight excluding hydrogens is 490 g/mol. The molecule has 9 nitrogen and oxygen atoms in total. The fourth-order valence-corrected chi connectivity index (χ4v) is 4.72. The molecule has 0 aromatic carbocycles. The summed E-state index contributed by atoms with van der Waals surface area (Å²) >= 11 is 0. The predicted molar refractivity (Wildman–Crippen MR) is 147 cm³/mol. The lowest BCUT2D eigenvalue weighted by Crippen LogP contribution is -2.60. The highest BCUT2D eigenvalue weighted by Gasteiger charge is 2.44. The first-order valence-electron chi connectivity index (χ1n) is 14.9. The second-order valence-corrected chi connectivity index (χ2v) is 10.6. The molecule has 1 heterocycles. The molecule has 1 amide bonds. The zero-order valence-electron chi connectivity index (χ0n) is 23.7. The molecule has 1 saturated heterocycles. The van der Waals surface area contributed by atoms with E-state index in [1.165, 1.54) is 84.0 Å². The summed E-state index contributed by atoms with van der Waals surface area (Å²) in [7, 11) is 0. The van der Waals surface area contributed by atoms with Gasteiger partial charge in [0.05, 0.1) is 25.4 Å². The molecule has 7 unspecified atom stereocenters. The van der Waals surface area contributed by atoms with Crippen LogP contribution >= 0.6 is 0 Å². The molecule has 0 saturated carbocycles. The summed E-state index contributed by atoms with van der Waals surface area (Å²) in [6.07, 6.45) is 14.6. The molecule has 0 aromatic rings. The number of hydrogen-bond donors (Lipinski definition) is 6. The standard InChI is InChI=1S/C29H55NO8/c1-3-4-5-6-7-8-9-10-11-12-13-14-15-16-17-18-19-24(33)23(30-22(2)32)21-37-29-28(36)27(35)26(34)25(20-31)38-29/h18-19,23-29,31,33-36H,3-17,20-21H2,1-2H3,(H,30,32)/b19-18+. The van der Waals surface area contributed by atoms with Crippen molar-refractivity contribution in [1.29, 1.82) is 0 Å². The lowest BCUT2D eigenvalue weighted by molar-refractivity contribution is -0.302. The van der Waals surface area contributed by atoms with Crippen LogP contribution in [0.25, 0.3) is 0 Å². The normalized spacial score (nSPS) is 25.5. The Bertz CT molecular complexity index is 617. The van der Waals surface area contributed by atoms with E-state index >= 15 is 0 Å². The van der Waals surface area contributed by atoms with Crippen molar-refractivity contribution in [3.63, 3.8) is 0 Å². The third kappa shape index (κ3) is 14.9. The van der Waals surface area contributed by atoms with Crippen molar-refractivity contribution in [1.82, 2.24) is 5.32 Å². The number of rotatable bonds is 22. The molecule has 0 radical (unpaired) electrons. The van der Waals surface area contributed by atoms with Crippen molar-refractivity contribution < 1.29 is 39.8 Å². The summed E-state index contributed by atoms with van der Waals surface area (Å²) in [5, 5.41) is 52.3. The number of carbonyl (C=O) groups excluding carboxylic acids is 1. The zero-order chi connectivity index (χ0) is 28.2. The molecule has 38 heavy (non-hydrogen) atoms. The number of amides is 1. The molecule has 0 bridgehead atoms. The van der Waals surface area contributed by atoms with E-state index in [1.807, 2.05) is 6.08 Å². The van der Waals surface area contributed by atoms with Gasteiger partial charge in [-0.15, -0.1) is 0 Å². The van der Waals surface area contributed by atoms with Crippen LogP contribution in [0.2, 0.25) is 0 Å². The van der Waals surface area contributed by atoms with Crippen LogP contribution in [0.15, 0.2) is 12.2 Å². The van der Waals surface area contributed by atoms with Crippen molar-refractivity contribution >= 4 is 5.91 Å². The van der Waals surface area contributed by atoms with Crippen molar-refractivity contribution in [3.05, 3.63) is 12.2 Å². The van der Waals surface area contributed by atoms with Gasteiger partial charge in [0.25, 0.3) is 0 Å². The van der Waals surface area contributed by atoms with Gasteiger partial charge >= 0.3 is 0 Å². The molecule has 1 rings (SSSR count). The number of ether oxygens (including phenoxy) is 2. The van der Waals surface area contributed by atoms with E-state index in [2.05, 4.69) is 12.2 Å². The number of aliphatic hydroxyl groups is 5. The lowest BCUT2D eigenvalue weighted by atomic mass is 9.99. The number of aliphatic hydroxyl groups excluding tert-OH is 5. The predicted octanol–water partition coefficient (Wildman–Crippen LogP) is 3.10. The van der Waals surface area contributed by atoms with Gasteiger partial charge in [0.2, 0.25) is 5.91 Å². The highest BCUT2D eigenvalue weighted by molar-refractivity contribution is 5.73. The molecule has 1 fully saturated rings. The first-order valence-corrected chi connectivity index (χ1v) is 14.9. The largest absolute Gasteiger partial charge is 0.394 e. The Morgan fingerprint density at radius 2 is 1.39 bits per heavy atom. The van der Waals surface area contributed by atoms with Crippen molar-refractivity contribution in [3.8, 4) is 0 Å². The number of allylic oxidation sites excluding steroid dienone is 1. The molecule has 7 atom stereocenters. The minimum absolute atomic E-state index is 0.202. The Morgan fingerprint density at radius 3 is 1.89 bits per heavy atom. The molecule has 0 spiro atoms. The quantitative estimate of drug-likeness (QED) is 0.0898. The topological polar surface area (TPSA) is 149 Å². The highest BCUT2D eigenvalue weighted by atomic mass is 16.7. The molecule has 1 aliphatic rings. The average Bonchev–Trinajstić information content (AvgIpc) is 2.90. The van der Waals surface area contributed by atoms with E-state index in [-0.39, 0.29) is 12.5 Å². The van der Waals surface area contributed by atoms with Gasteiger partial charge in [0, 0.05) is 6.92 Å².